The second kappa shape index (κ2) is 7.04. The van der Waals surface area contributed by atoms with Crippen molar-refractivity contribution in [2.24, 2.45) is 0 Å². The van der Waals surface area contributed by atoms with E-state index in [0.717, 1.165) is 4.47 Å². The van der Waals surface area contributed by atoms with E-state index in [9.17, 15) is 9.59 Å². The molecule has 2 rings (SSSR count). The summed E-state index contributed by atoms with van der Waals surface area (Å²) in [7, 11) is 1.49. The van der Waals surface area contributed by atoms with Crippen LogP contribution in [0.25, 0.3) is 0 Å². The van der Waals surface area contributed by atoms with Gasteiger partial charge in [-0.3, -0.25) is 4.79 Å². The van der Waals surface area contributed by atoms with E-state index in [-0.39, 0.29) is 12.4 Å². The number of benzene rings is 2. The summed E-state index contributed by atoms with van der Waals surface area (Å²) < 4.78 is 11.0. The van der Waals surface area contributed by atoms with Crippen LogP contribution in [-0.2, 0) is 4.74 Å². The average Bonchev–Trinajstić information content (AvgIpc) is 2.52. The molecular formula is C16H13BrO4. The van der Waals surface area contributed by atoms with Gasteiger partial charge in [0.05, 0.1) is 18.2 Å². The minimum absolute atomic E-state index is 0.307. The third-order valence-electron chi connectivity index (χ3n) is 2.82. The van der Waals surface area contributed by atoms with Gasteiger partial charge in [-0.1, -0.05) is 28.1 Å². The van der Waals surface area contributed by atoms with Crippen LogP contribution < -0.4 is 4.74 Å². The summed E-state index contributed by atoms with van der Waals surface area (Å²) in [5, 5.41) is 0. The molecule has 4 nitrogen and oxygen atoms in total. The zero-order chi connectivity index (χ0) is 15.2. The number of hydrogen-bond donors (Lipinski definition) is 0. The van der Waals surface area contributed by atoms with E-state index in [1.165, 1.54) is 7.11 Å². The molecule has 0 unspecified atom stereocenters. The van der Waals surface area contributed by atoms with Gasteiger partial charge in [0, 0.05) is 4.47 Å². The van der Waals surface area contributed by atoms with Gasteiger partial charge in [-0.05, 0) is 36.4 Å². The first-order valence-corrected chi connectivity index (χ1v) is 7.00. The smallest absolute Gasteiger partial charge is 0.338 e. The van der Waals surface area contributed by atoms with E-state index >= 15 is 0 Å². The van der Waals surface area contributed by atoms with Crippen molar-refractivity contribution in [3.63, 3.8) is 0 Å². The van der Waals surface area contributed by atoms with E-state index in [2.05, 4.69) is 15.9 Å². The fourth-order valence-electron chi connectivity index (χ4n) is 1.75. The maximum Gasteiger partial charge on any atom is 0.338 e. The molecule has 0 aromatic heterocycles. The third-order valence-corrected chi connectivity index (χ3v) is 3.35. The van der Waals surface area contributed by atoms with Crippen LogP contribution in [0.5, 0.6) is 5.75 Å². The van der Waals surface area contributed by atoms with Crippen molar-refractivity contribution < 1.29 is 19.1 Å². The molecule has 0 fully saturated rings. The molecule has 5 heteroatoms. The Kier molecular flexibility index (Phi) is 5.11. The average molecular weight is 349 g/mol. The fourth-order valence-corrected chi connectivity index (χ4v) is 2.02. The number of carbonyl (C=O) groups excluding carboxylic acids is 2. The number of methoxy groups -OCH3 is 1. The van der Waals surface area contributed by atoms with Gasteiger partial charge in [-0.2, -0.15) is 0 Å². The lowest BCUT2D eigenvalue weighted by molar-refractivity contribution is 0.0474. The summed E-state index contributed by atoms with van der Waals surface area (Å²) >= 11 is 3.28. The van der Waals surface area contributed by atoms with Gasteiger partial charge >= 0.3 is 5.97 Å². The van der Waals surface area contributed by atoms with Gasteiger partial charge < -0.3 is 9.47 Å². The second-order valence-corrected chi connectivity index (χ2v) is 5.12. The Bertz CT molecular complexity index is 650. The molecule has 0 atom stereocenters. The lowest BCUT2D eigenvalue weighted by Gasteiger charge is -2.08. The van der Waals surface area contributed by atoms with E-state index < -0.39 is 5.97 Å². The number of halogens is 1. The molecule has 0 N–H and O–H groups in total. The Morgan fingerprint density at radius 1 is 1.05 bits per heavy atom. The van der Waals surface area contributed by atoms with Crippen molar-refractivity contribution in [3.8, 4) is 5.75 Å². The van der Waals surface area contributed by atoms with Gasteiger partial charge in [-0.15, -0.1) is 0 Å². The molecule has 0 spiro atoms. The Morgan fingerprint density at radius 2 is 1.71 bits per heavy atom. The van der Waals surface area contributed by atoms with E-state index in [4.69, 9.17) is 9.47 Å². The Hall–Kier alpha value is -2.14. The molecule has 2 aromatic carbocycles. The summed E-state index contributed by atoms with van der Waals surface area (Å²) in [6.45, 7) is -0.324. The normalized spacial score (nSPS) is 10.0. The van der Waals surface area contributed by atoms with Crippen molar-refractivity contribution in [2.75, 3.05) is 13.7 Å². The second-order valence-electron chi connectivity index (χ2n) is 4.21. The molecule has 2 aromatic rings. The first-order valence-electron chi connectivity index (χ1n) is 6.20. The van der Waals surface area contributed by atoms with Gasteiger partial charge in [0.1, 0.15) is 5.75 Å². The largest absolute Gasteiger partial charge is 0.496 e. The van der Waals surface area contributed by atoms with Gasteiger partial charge in [0.15, 0.2) is 6.61 Å². The van der Waals surface area contributed by atoms with Crippen LogP contribution in [0.4, 0.5) is 0 Å². The van der Waals surface area contributed by atoms with Crippen molar-refractivity contribution in [1.82, 2.24) is 0 Å². The molecule has 0 aliphatic heterocycles. The molecule has 0 saturated carbocycles. The number of para-hydroxylation sites is 1. The number of ketones is 1. The quantitative estimate of drug-likeness (QED) is 0.613. The maximum atomic E-state index is 12.0. The summed E-state index contributed by atoms with van der Waals surface area (Å²) in [5.41, 5.74) is 0.787. The van der Waals surface area contributed by atoms with Crippen molar-refractivity contribution in [2.45, 2.75) is 0 Å². The van der Waals surface area contributed by atoms with E-state index in [0.29, 0.717) is 16.9 Å². The monoisotopic (exact) mass is 348 g/mol. The molecule has 0 heterocycles. The fraction of sp³-hybridized carbons (Fsp3) is 0.125. The highest BCUT2D eigenvalue weighted by atomic mass is 79.9. The van der Waals surface area contributed by atoms with Gasteiger partial charge in [0.25, 0.3) is 0 Å². The highest BCUT2D eigenvalue weighted by Gasteiger charge is 2.14. The molecule has 0 bridgehead atoms. The number of Topliss-reactive ketones (excluding diaryl/α,β-unsaturated/α-hetero) is 1. The standard InChI is InChI=1S/C16H13BrO4/c1-20-15-5-3-2-4-13(15)14(18)10-21-16(19)11-6-8-12(17)9-7-11/h2-9H,10H2,1H3. The summed E-state index contributed by atoms with van der Waals surface area (Å²) in [6.07, 6.45) is 0. The van der Waals surface area contributed by atoms with E-state index in [1.54, 1.807) is 48.5 Å². The molecule has 0 aliphatic carbocycles. The predicted molar refractivity (Wildman–Crippen MR) is 81.7 cm³/mol. The van der Waals surface area contributed by atoms with Gasteiger partial charge in [-0.25, -0.2) is 4.79 Å². The summed E-state index contributed by atoms with van der Waals surface area (Å²) in [5.74, 6) is -0.383. The maximum absolute atomic E-state index is 12.0. The molecule has 21 heavy (non-hydrogen) atoms. The van der Waals surface area contributed by atoms with Crippen LogP contribution >= 0.6 is 15.9 Å². The van der Waals surface area contributed by atoms with Crippen LogP contribution in [0.3, 0.4) is 0 Å². The number of rotatable bonds is 5. The molecule has 0 radical (unpaired) electrons. The zero-order valence-electron chi connectivity index (χ0n) is 11.3. The third kappa shape index (κ3) is 3.92. The van der Waals surface area contributed by atoms with Crippen LogP contribution in [0.15, 0.2) is 53.0 Å². The molecule has 0 saturated heterocycles. The number of carbonyl (C=O) groups is 2. The Labute approximate surface area is 130 Å². The number of ether oxygens (including phenoxy) is 2. The lowest BCUT2D eigenvalue weighted by Crippen LogP contribution is -2.15. The van der Waals surface area contributed by atoms with Crippen LogP contribution in [0, 0.1) is 0 Å². The predicted octanol–water partition coefficient (Wildman–Crippen LogP) is 3.50. The highest BCUT2D eigenvalue weighted by Crippen LogP contribution is 2.18. The zero-order valence-corrected chi connectivity index (χ0v) is 12.9. The minimum Gasteiger partial charge on any atom is -0.496 e. The van der Waals surface area contributed by atoms with E-state index in [1.807, 2.05) is 0 Å². The summed E-state index contributed by atoms with van der Waals surface area (Å²) in [4.78, 5) is 23.9. The lowest BCUT2D eigenvalue weighted by atomic mass is 10.1. The number of esters is 1. The SMILES string of the molecule is COc1ccccc1C(=O)COC(=O)c1ccc(Br)cc1. The molecule has 0 amide bonds. The number of hydrogen-bond acceptors (Lipinski definition) is 4. The first kappa shape index (κ1) is 15.3. The van der Waals surface area contributed by atoms with Crippen LogP contribution in [0.1, 0.15) is 20.7 Å². The Morgan fingerprint density at radius 3 is 2.38 bits per heavy atom. The van der Waals surface area contributed by atoms with Crippen molar-refractivity contribution in [1.29, 1.82) is 0 Å². The van der Waals surface area contributed by atoms with Crippen molar-refractivity contribution in [3.05, 3.63) is 64.1 Å². The Balaban J connectivity index is 2.01. The van der Waals surface area contributed by atoms with Gasteiger partial charge in [0.2, 0.25) is 5.78 Å². The molecule has 108 valence electrons. The minimum atomic E-state index is -0.536. The topological polar surface area (TPSA) is 52.6 Å². The molecular weight excluding hydrogens is 336 g/mol. The van der Waals surface area contributed by atoms with Crippen LogP contribution in [-0.4, -0.2) is 25.5 Å². The summed E-state index contributed by atoms with van der Waals surface area (Å²) in [6, 6.07) is 13.5. The van der Waals surface area contributed by atoms with Crippen molar-refractivity contribution >= 4 is 27.7 Å². The first-order chi connectivity index (χ1) is 10.1. The van der Waals surface area contributed by atoms with Crippen LogP contribution in [0.2, 0.25) is 0 Å². The molecule has 0 aliphatic rings. The highest BCUT2D eigenvalue weighted by molar-refractivity contribution is 9.10.